The molecule has 4 heterocycles. The molecule has 2 fully saturated rings. The van der Waals surface area contributed by atoms with Gasteiger partial charge in [0.1, 0.15) is 0 Å². The van der Waals surface area contributed by atoms with Gasteiger partial charge >= 0.3 is 20.1 Å². The minimum absolute atomic E-state index is 0. The third kappa shape index (κ3) is 9.26. The number of pyridine rings is 3. The summed E-state index contributed by atoms with van der Waals surface area (Å²) in [5.74, 6) is 3.14. The summed E-state index contributed by atoms with van der Waals surface area (Å²) in [7, 11) is 0. The van der Waals surface area contributed by atoms with Gasteiger partial charge in [0.05, 0.1) is 0 Å². The van der Waals surface area contributed by atoms with Crippen LogP contribution in [-0.2, 0) is 20.1 Å². The quantitative estimate of drug-likeness (QED) is 0.128. The number of aromatic nitrogens is 4. The van der Waals surface area contributed by atoms with Gasteiger partial charge in [-0.2, -0.15) is 0 Å². The summed E-state index contributed by atoms with van der Waals surface area (Å²) in [6.07, 6.45) is 12.9. The molecule has 2 unspecified atom stereocenters. The van der Waals surface area contributed by atoms with Crippen LogP contribution in [0.2, 0.25) is 0 Å². The van der Waals surface area contributed by atoms with E-state index in [4.69, 9.17) is 15.0 Å². The smallest absolute Gasteiger partial charge is 0.351 e. The van der Waals surface area contributed by atoms with E-state index in [9.17, 15) is 0 Å². The average Bonchev–Trinajstić information content (AvgIpc) is 4.05. The number of para-hydroxylation sites is 2. The van der Waals surface area contributed by atoms with Gasteiger partial charge in [-0.3, -0.25) is 0 Å². The molecular weight excluding hydrogens is 1190 g/mol. The fourth-order valence-corrected chi connectivity index (χ4v) is 14.4. The SMILES string of the molecule is [Ir+3].[c-]1ccccc1-c1ccc(-c2ccccc2-c2cc(-c3ccccc3-c3ccc(-c4[c-]cc(-n5c6ccccc6c6ccccc65)cc4)nc3)cc(-c3ccccc3-c3ccc(-c4[c-]cc5c(c4)C4CC6CC(CC5C6)C4)nc3)c2)cn1. The fourth-order valence-electron chi connectivity index (χ4n) is 14.4. The van der Waals surface area contributed by atoms with E-state index in [1.165, 1.54) is 53.9 Å². The predicted octanol–water partition coefficient (Wildman–Crippen LogP) is 19.8. The van der Waals surface area contributed by atoms with Crippen molar-refractivity contribution in [1.82, 2.24) is 19.5 Å². The van der Waals surface area contributed by atoms with E-state index in [1.807, 2.05) is 30.6 Å². The summed E-state index contributed by atoms with van der Waals surface area (Å²) in [5.41, 5.74) is 25.5. The maximum absolute atomic E-state index is 5.20. The Morgan fingerprint density at radius 1 is 0.337 bits per heavy atom. The van der Waals surface area contributed by atoms with Crippen molar-refractivity contribution >= 4 is 21.8 Å². The molecule has 4 bridgehead atoms. The molecule has 0 saturated heterocycles. The molecule has 13 aromatic rings. The van der Waals surface area contributed by atoms with Crippen molar-refractivity contribution in [3.8, 4) is 106 Å². The monoisotopic (exact) mass is 1240 g/mol. The van der Waals surface area contributed by atoms with Crippen LogP contribution in [-0.4, -0.2) is 19.5 Å². The first-order valence-corrected chi connectivity index (χ1v) is 29.0. The largest absolute Gasteiger partial charge is 3.00 e. The molecule has 0 aliphatic heterocycles. The molecule has 0 amide bonds. The van der Waals surface area contributed by atoms with Crippen molar-refractivity contribution in [2.24, 2.45) is 11.8 Å². The minimum atomic E-state index is 0. The van der Waals surface area contributed by atoms with E-state index >= 15 is 0 Å². The second-order valence-corrected chi connectivity index (χ2v) is 22.9. The van der Waals surface area contributed by atoms with Crippen LogP contribution in [0.3, 0.4) is 0 Å². The number of nitrogens with zero attached hydrogens (tertiary/aromatic N) is 4. The van der Waals surface area contributed by atoms with Crippen molar-refractivity contribution in [2.45, 2.75) is 43.9 Å². The van der Waals surface area contributed by atoms with Crippen LogP contribution in [0.4, 0.5) is 0 Å². The molecule has 4 aromatic heterocycles. The van der Waals surface area contributed by atoms with Gasteiger partial charge in [0.25, 0.3) is 0 Å². The number of rotatable bonds is 10. The molecule has 9 aromatic carbocycles. The molecular formula is C78H55IrN4. The van der Waals surface area contributed by atoms with E-state index in [2.05, 4.69) is 241 Å². The molecule has 0 spiro atoms. The summed E-state index contributed by atoms with van der Waals surface area (Å²) in [6.45, 7) is 0. The Labute approximate surface area is 498 Å². The zero-order chi connectivity index (χ0) is 54.1. The number of fused-ring (bicyclic) bond motifs is 3. The van der Waals surface area contributed by atoms with Gasteiger partial charge in [-0.25, -0.2) is 0 Å². The van der Waals surface area contributed by atoms with Gasteiger partial charge in [0, 0.05) is 40.4 Å². The molecule has 4 aliphatic rings. The van der Waals surface area contributed by atoms with E-state index in [-0.39, 0.29) is 20.1 Å². The molecule has 83 heavy (non-hydrogen) atoms. The van der Waals surface area contributed by atoms with E-state index < -0.39 is 0 Å². The molecule has 2 atom stereocenters. The Balaban J connectivity index is 0.00000588. The number of hydrogen-bond donors (Lipinski definition) is 0. The van der Waals surface area contributed by atoms with Crippen molar-refractivity contribution in [2.75, 3.05) is 0 Å². The van der Waals surface area contributed by atoms with Gasteiger partial charge in [-0.05, 0) is 163 Å². The second kappa shape index (κ2) is 21.3. The fraction of sp³-hybridized carbons (Fsp3) is 0.115. The van der Waals surface area contributed by atoms with Crippen LogP contribution in [0.1, 0.15) is 55.1 Å². The van der Waals surface area contributed by atoms with Crippen LogP contribution in [0.5, 0.6) is 0 Å². The standard InChI is InChI=1S/C78H55N4.Ir/c1-2-14-52(15-3-1)74-35-29-55(47-79-74)64-16-4-7-19-67(64)60-43-61(45-62(44-60)69-21-9-6-18-66(69)57-31-37-76(81-49-57)54-28-34-70-58-39-50-38-51(40-58)42-59(41-50)73(70)46-54)68-20-8-5-17-65(68)56-30-36-75(80-48-56)53-26-32-63(33-27-53)82-77-24-12-10-22-71(77)72-23-11-13-25-78(72)82;/h1-14,16-26,29-37,43-51,58-59H,38-42H2;/q-3;+3. The topological polar surface area (TPSA) is 43.6 Å². The maximum atomic E-state index is 5.20. The molecule has 17 rings (SSSR count). The maximum Gasteiger partial charge on any atom is 3.00 e. The predicted molar refractivity (Wildman–Crippen MR) is 335 cm³/mol. The van der Waals surface area contributed by atoms with Gasteiger partial charge in [-0.15, -0.1) is 101 Å². The third-order valence-corrected chi connectivity index (χ3v) is 18.1. The van der Waals surface area contributed by atoms with Gasteiger partial charge in [-0.1, -0.05) is 158 Å². The summed E-state index contributed by atoms with van der Waals surface area (Å²) in [6, 6.07) is 93.4. The Morgan fingerprint density at radius 2 is 0.759 bits per heavy atom. The molecule has 0 radical (unpaired) electrons. The Hall–Kier alpha value is -9.12. The molecule has 5 heteroatoms. The first-order valence-electron chi connectivity index (χ1n) is 29.0. The Bertz CT molecular complexity index is 4480. The summed E-state index contributed by atoms with van der Waals surface area (Å²) >= 11 is 0. The van der Waals surface area contributed by atoms with Crippen molar-refractivity contribution in [3.63, 3.8) is 0 Å². The zero-order valence-electron chi connectivity index (χ0n) is 45.6. The second-order valence-electron chi connectivity index (χ2n) is 22.9. The van der Waals surface area contributed by atoms with Crippen LogP contribution < -0.4 is 0 Å². The van der Waals surface area contributed by atoms with Crippen LogP contribution >= 0.6 is 0 Å². The summed E-state index contributed by atoms with van der Waals surface area (Å²) in [5, 5.41) is 2.48. The van der Waals surface area contributed by atoms with Gasteiger partial charge < -0.3 is 19.5 Å². The molecule has 2 saturated carbocycles. The number of benzene rings is 9. The van der Waals surface area contributed by atoms with Crippen molar-refractivity contribution in [3.05, 3.63) is 278 Å². The normalized spacial score (nSPS) is 16.8. The Morgan fingerprint density at radius 3 is 1.20 bits per heavy atom. The number of hydrogen-bond acceptors (Lipinski definition) is 3. The average molecular weight is 1240 g/mol. The van der Waals surface area contributed by atoms with Crippen LogP contribution in [0.15, 0.2) is 249 Å². The summed E-state index contributed by atoms with van der Waals surface area (Å²) in [4.78, 5) is 15.3. The van der Waals surface area contributed by atoms with Crippen LogP contribution in [0, 0.1) is 30.0 Å². The minimum Gasteiger partial charge on any atom is -0.351 e. The van der Waals surface area contributed by atoms with Crippen LogP contribution in [0.25, 0.3) is 128 Å². The van der Waals surface area contributed by atoms with Crippen molar-refractivity contribution < 1.29 is 20.1 Å². The first-order chi connectivity index (χ1) is 40.6. The van der Waals surface area contributed by atoms with Gasteiger partial charge in [0.2, 0.25) is 0 Å². The first kappa shape index (κ1) is 50.8. The van der Waals surface area contributed by atoms with Gasteiger partial charge in [0.15, 0.2) is 0 Å². The summed E-state index contributed by atoms with van der Waals surface area (Å²) < 4.78 is 2.32. The molecule has 0 N–H and O–H groups in total. The zero-order valence-corrected chi connectivity index (χ0v) is 48.0. The van der Waals surface area contributed by atoms with E-state index in [0.29, 0.717) is 11.8 Å². The molecule has 4 nitrogen and oxygen atoms in total. The third-order valence-electron chi connectivity index (χ3n) is 18.1. The molecule has 4 aliphatic carbocycles. The molecule has 396 valence electrons. The Kier molecular flexibility index (Phi) is 13.1. The van der Waals surface area contributed by atoms with E-state index in [1.54, 1.807) is 11.1 Å². The van der Waals surface area contributed by atoms with E-state index in [0.717, 1.165) is 118 Å². The van der Waals surface area contributed by atoms with Crippen molar-refractivity contribution in [1.29, 1.82) is 0 Å².